The van der Waals surface area contributed by atoms with Crippen LogP contribution in [-0.2, 0) is 0 Å². The van der Waals surface area contributed by atoms with Crippen molar-refractivity contribution in [3.63, 3.8) is 0 Å². The molecule has 0 saturated carbocycles. The lowest BCUT2D eigenvalue weighted by molar-refractivity contribution is 0.0504. The molecule has 15 heavy (non-hydrogen) atoms. The van der Waals surface area contributed by atoms with Gasteiger partial charge in [-0.25, -0.2) is 0 Å². The molecule has 3 unspecified atom stereocenters. The minimum absolute atomic E-state index is 0.237. The summed E-state index contributed by atoms with van der Waals surface area (Å²) in [7, 11) is 0. The van der Waals surface area contributed by atoms with Crippen molar-refractivity contribution < 1.29 is 10.2 Å². The van der Waals surface area contributed by atoms with Crippen LogP contribution in [0, 0.1) is 0 Å². The molecule has 0 aromatic carbocycles. The quantitative estimate of drug-likeness (QED) is 0.356. The first-order valence-electron chi connectivity index (χ1n) is 4.58. The van der Waals surface area contributed by atoms with Crippen molar-refractivity contribution >= 4 is 50.5 Å². The largest absolute Gasteiger partial charge is 0.390 e. The molecule has 0 bridgehead atoms. The van der Waals surface area contributed by atoms with Crippen molar-refractivity contribution in [1.82, 2.24) is 0 Å². The van der Waals surface area contributed by atoms with Crippen molar-refractivity contribution in [2.24, 2.45) is 5.73 Å². The maximum Gasteiger partial charge on any atom is 0.0894 e. The summed E-state index contributed by atoms with van der Waals surface area (Å²) in [5, 5.41) is 17.5. The fourth-order valence-corrected chi connectivity index (χ4v) is 1.50. The lowest BCUT2D eigenvalue weighted by Gasteiger charge is -2.11. The predicted molar refractivity (Wildman–Crippen MR) is 80.0 cm³/mol. The Balaban J connectivity index is 0. The number of hydrogen-bond donors (Lipinski definition) is 7. The van der Waals surface area contributed by atoms with Crippen molar-refractivity contribution in [2.45, 2.75) is 24.7 Å². The van der Waals surface area contributed by atoms with Crippen molar-refractivity contribution in [2.75, 3.05) is 23.0 Å². The lowest BCUT2D eigenvalue weighted by atomic mass is 10.3. The second-order valence-electron chi connectivity index (χ2n) is 2.95. The van der Waals surface area contributed by atoms with Gasteiger partial charge in [-0.05, 0) is 12.2 Å². The van der Waals surface area contributed by atoms with Crippen LogP contribution in [0.4, 0.5) is 0 Å². The second-order valence-corrected chi connectivity index (χ2v) is 4.50. The van der Waals surface area contributed by atoms with E-state index < -0.39 is 12.2 Å². The van der Waals surface area contributed by atoms with Gasteiger partial charge in [0.05, 0.1) is 12.2 Å². The smallest absolute Gasteiger partial charge is 0.0894 e. The average molecular weight is 292 g/mol. The number of aliphatic hydroxyl groups is 2. The third-order valence-corrected chi connectivity index (χ3v) is 3.03. The maximum atomic E-state index is 8.75. The highest BCUT2D eigenvalue weighted by atomic mass is 32.1. The van der Waals surface area contributed by atoms with Crippen LogP contribution >= 0.6 is 50.5 Å². The Morgan fingerprint density at radius 3 is 1.40 bits per heavy atom. The molecule has 0 aromatic heterocycles. The molecule has 0 aliphatic heterocycles. The summed E-state index contributed by atoms with van der Waals surface area (Å²) in [6, 6.07) is 0.237. The van der Waals surface area contributed by atoms with E-state index in [0.29, 0.717) is 0 Å². The second kappa shape index (κ2) is 13.3. The number of thiol groups is 4. The molecular formula is C8H21NO2S4. The van der Waals surface area contributed by atoms with E-state index in [1.165, 1.54) is 0 Å². The highest BCUT2D eigenvalue weighted by Crippen LogP contribution is 1.96. The van der Waals surface area contributed by atoms with E-state index in [1.54, 1.807) is 0 Å². The van der Waals surface area contributed by atoms with Gasteiger partial charge < -0.3 is 15.9 Å². The van der Waals surface area contributed by atoms with E-state index in [4.69, 9.17) is 15.9 Å². The molecule has 0 aliphatic rings. The van der Waals surface area contributed by atoms with Gasteiger partial charge in [0.25, 0.3) is 0 Å². The monoisotopic (exact) mass is 291 g/mol. The van der Waals surface area contributed by atoms with E-state index in [1.807, 2.05) is 0 Å². The first-order valence-corrected chi connectivity index (χ1v) is 7.11. The molecule has 0 spiro atoms. The van der Waals surface area contributed by atoms with Crippen LogP contribution in [-0.4, -0.2) is 51.5 Å². The number of rotatable bonds is 6. The first kappa shape index (κ1) is 18.6. The van der Waals surface area contributed by atoms with Crippen LogP contribution in [0.25, 0.3) is 0 Å². The van der Waals surface area contributed by atoms with Crippen LogP contribution in [0.5, 0.6) is 0 Å². The van der Waals surface area contributed by atoms with Crippen LogP contribution < -0.4 is 5.73 Å². The Hall–Kier alpha value is 1.28. The maximum absolute atomic E-state index is 8.75. The summed E-state index contributed by atoms with van der Waals surface area (Å²) in [5.74, 6) is 2.19. The van der Waals surface area contributed by atoms with Crippen LogP contribution in [0.2, 0.25) is 0 Å². The third kappa shape index (κ3) is 13.2. The van der Waals surface area contributed by atoms with Gasteiger partial charge >= 0.3 is 0 Å². The average Bonchev–Trinajstić information content (AvgIpc) is 2.27. The Morgan fingerprint density at radius 1 is 0.867 bits per heavy atom. The number of aliphatic hydroxyl groups excluding tert-OH is 2. The zero-order valence-corrected chi connectivity index (χ0v) is 12.1. The Kier molecular flexibility index (Phi) is 16.6. The number of nitrogens with two attached hydrogens (primary N) is 1. The fraction of sp³-hybridized carbons (Fsp3) is 1.00. The lowest BCUT2D eigenvalue weighted by Crippen LogP contribution is -2.28. The summed E-state index contributed by atoms with van der Waals surface area (Å²) < 4.78 is 0. The molecule has 0 amide bonds. The van der Waals surface area contributed by atoms with Crippen molar-refractivity contribution in [3.8, 4) is 0 Å². The topological polar surface area (TPSA) is 66.5 Å². The Bertz CT molecular complexity index is 123. The molecule has 7 heteroatoms. The molecule has 0 aliphatic carbocycles. The molecule has 3 atom stereocenters. The normalized spacial score (nSPS) is 16.2. The van der Waals surface area contributed by atoms with Gasteiger partial charge in [0.2, 0.25) is 0 Å². The van der Waals surface area contributed by atoms with Gasteiger partial charge in [-0.15, -0.1) is 0 Å². The zero-order chi connectivity index (χ0) is 12.3. The van der Waals surface area contributed by atoms with E-state index >= 15 is 0 Å². The van der Waals surface area contributed by atoms with Crippen molar-refractivity contribution in [1.29, 1.82) is 0 Å². The Morgan fingerprint density at radius 2 is 1.27 bits per heavy atom. The third-order valence-electron chi connectivity index (χ3n) is 1.55. The molecule has 4 N–H and O–H groups in total. The molecule has 0 rings (SSSR count). The summed E-state index contributed by atoms with van der Waals surface area (Å²) in [4.78, 5) is 0. The van der Waals surface area contributed by atoms with E-state index in [0.717, 1.165) is 17.9 Å². The molecule has 94 valence electrons. The zero-order valence-electron chi connectivity index (χ0n) is 8.53. The fourth-order valence-electron chi connectivity index (χ4n) is 0.500. The van der Waals surface area contributed by atoms with Gasteiger partial charge in [0, 0.05) is 23.3 Å². The molecule has 0 radical (unpaired) electrons. The summed E-state index contributed by atoms with van der Waals surface area (Å²) in [6.45, 7) is 0. The molecule has 0 heterocycles. The van der Waals surface area contributed by atoms with Gasteiger partial charge in [-0.2, -0.15) is 50.5 Å². The summed E-state index contributed by atoms with van der Waals surface area (Å²) >= 11 is 15.5. The standard InChI is InChI=1S/C4H11NS2.C4H10O2S2/c5-4(3-7)1-2-6;5-3(1-7)4(6)2-8/h4,6-7H,1-3,5H2;3-8H,1-2H2. The summed E-state index contributed by atoms with van der Waals surface area (Å²) in [5.41, 5.74) is 5.46. The highest BCUT2D eigenvalue weighted by molar-refractivity contribution is 7.80. The Labute approximate surface area is 114 Å². The summed E-state index contributed by atoms with van der Waals surface area (Å²) in [6.07, 6.45) is -0.515. The SMILES string of the molecule is NC(CS)CCS.OC(CS)C(O)CS. The van der Waals surface area contributed by atoms with Crippen LogP contribution in [0.1, 0.15) is 6.42 Å². The molecule has 0 fully saturated rings. The van der Waals surface area contributed by atoms with Gasteiger partial charge in [0.1, 0.15) is 0 Å². The first-order chi connectivity index (χ1) is 7.03. The molecule has 0 aromatic rings. The minimum Gasteiger partial charge on any atom is -0.390 e. The van der Waals surface area contributed by atoms with Gasteiger partial charge in [0.15, 0.2) is 0 Å². The minimum atomic E-state index is -0.740. The van der Waals surface area contributed by atoms with E-state index in [-0.39, 0.29) is 17.5 Å². The molecule has 0 saturated heterocycles. The molecule has 3 nitrogen and oxygen atoms in total. The van der Waals surface area contributed by atoms with E-state index in [2.05, 4.69) is 50.5 Å². The van der Waals surface area contributed by atoms with Gasteiger partial charge in [-0.1, -0.05) is 0 Å². The number of hydrogen-bond acceptors (Lipinski definition) is 7. The van der Waals surface area contributed by atoms with Crippen molar-refractivity contribution in [3.05, 3.63) is 0 Å². The van der Waals surface area contributed by atoms with Gasteiger partial charge in [-0.3, -0.25) is 0 Å². The molecular weight excluding hydrogens is 270 g/mol. The van der Waals surface area contributed by atoms with Crippen LogP contribution in [0.15, 0.2) is 0 Å². The van der Waals surface area contributed by atoms with Crippen LogP contribution in [0.3, 0.4) is 0 Å². The highest BCUT2D eigenvalue weighted by Gasteiger charge is 2.10. The van der Waals surface area contributed by atoms with E-state index in [9.17, 15) is 0 Å². The predicted octanol–water partition coefficient (Wildman–Crippen LogP) is 0.131.